The van der Waals surface area contributed by atoms with E-state index < -0.39 is 11.6 Å². The molecule has 3 rings (SSSR count). The van der Waals surface area contributed by atoms with Crippen molar-refractivity contribution in [1.29, 1.82) is 0 Å². The summed E-state index contributed by atoms with van der Waals surface area (Å²) in [4.78, 5) is 5.90. The highest BCUT2D eigenvalue weighted by molar-refractivity contribution is 7.78. The van der Waals surface area contributed by atoms with Crippen molar-refractivity contribution >= 4 is 34.4 Å². The molecule has 1 heterocycles. The summed E-state index contributed by atoms with van der Waals surface area (Å²) >= 11 is 6.10. The van der Waals surface area contributed by atoms with E-state index in [0.717, 1.165) is 17.7 Å². The van der Waals surface area contributed by atoms with Crippen LogP contribution in [0, 0.1) is 23.5 Å². The second-order valence-corrected chi connectivity index (χ2v) is 7.18. The average molecular weight is 395 g/mol. The lowest BCUT2D eigenvalue weighted by atomic mass is 10.1. The maximum absolute atomic E-state index is 14.4. The predicted octanol–water partition coefficient (Wildman–Crippen LogP) is 6.78. The third-order valence-electron chi connectivity index (χ3n) is 3.86. The number of hydrogen-bond acceptors (Lipinski definition) is 3. The zero-order valence-corrected chi connectivity index (χ0v) is 16.2. The van der Waals surface area contributed by atoms with Crippen molar-refractivity contribution in [2.75, 3.05) is 0 Å². The fraction of sp³-hybridized carbons (Fsp3) is 0.136. The minimum absolute atomic E-state index is 0.231. The molecular weight excluding hydrogens is 380 g/mol. The van der Waals surface area contributed by atoms with Crippen molar-refractivity contribution in [2.45, 2.75) is 19.8 Å². The Bertz CT molecular complexity index is 1040. The molecular formula is C22H15F2NS2. The first-order valence-corrected chi connectivity index (χ1v) is 9.61. The van der Waals surface area contributed by atoms with E-state index in [4.69, 9.17) is 0 Å². The number of hydrogen-bond donors (Lipinski definition) is 0. The third kappa shape index (κ3) is 4.75. The van der Waals surface area contributed by atoms with Gasteiger partial charge in [-0.15, -0.1) is 11.3 Å². The smallest absolute Gasteiger partial charge is 0.142 e. The lowest BCUT2D eigenvalue weighted by Gasteiger charge is -2.02. The van der Waals surface area contributed by atoms with E-state index in [9.17, 15) is 8.78 Å². The Kier molecular flexibility index (Phi) is 6.26. The van der Waals surface area contributed by atoms with Crippen molar-refractivity contribution in [3.8, 4) is 22.3 Å². The van der Waals surface area contributed by atoms with Crippen LogP contribution in [0.4, 0.5) is 14.5 Å². The van der Waals surface area contributed by atoms with Crippen LogP contribution in [0.15, 0.2) is 53.5 Å². The Labute approximate surface area is 166 Å². The second-order valence-electron chi connectivity index (χ2n) is 5.83. The molecule has 0 unspecified atom stereocenters. The summed E-state index contributed by atoms with van der Waals surface area (Å²) in [6, 6.07) is 13.4. The number of nitrogens with zero attached hydrogens (tertiary/aromatic N) is 1. The normalized spacial score (nSPS) is 10.0. The number of isothiocyanates is 1. The number of aryl methyl sites for hydroxylation is 1. The van der Waals surface area contributed by atoms with Gasteiger partial charge in [0.05, 0.1) is 16.4 Å². The van der Waals surface area contributed by atoms with E-state index in [1.54, 1.807) is 35.6 Å². The molecule has 0 amide bonds. The van der Waals surface area contributed by atoms with Crippen LogP contribution in [0.5, 0.6) is 0 Å². The summed E-state index contributed by atoms with van der Waals surface area (Å²) in [5.41, 5.74) is 1.58. The fourth-order valence-electron chi connectivity index (χ4n) is 2.56. The Hall–Kier alpha value is -2.64. The van der Waals surface area contributed by atoms with E-state index in [-0.39, 0.29) is 5.56 Å². The van der Waals surface area contributed by atoms with Gasteiger partial charge in [0.15, 0.2) is 0 Å². The first-order chi connectivity index (χ1) is 13.1. The molecule has 27 heavy (non-hydrogen) atoms. The summed E-state index contributed by atoms with van der Waals surface area (Å²) in [7, 11) is 0. The van der Waals surface area contributed by atoms with Crippen LogP contribution < -0.4 is 0 Å². The fourth-order valence-corrected chi connectivity index (χ4v) is 3.76. The highest BCUT2D eigenvalue weighted by atomic mass is 32.1. The van der Waals surface area contributed by atoms with Gasteiger partial charge in [-0.25, -0.2) is 8.78 Å². The van der Waals surface area contributed by atoms with E-state index in [1.165, 1.54) is 17.0 Å². The van der Waals surface area contributed by atoms with Gasteiger partial charge in [0.2, 0.25) is 0 Å². The molecule has 0 aliphatic carbocycles. The SMILES string of the molecule is CCCc1ccc(-c2cc(F)c(C#Cc3ccc(N=C=S)cc3)c(F)c2)s1. The van der Waals surface area contributed by atoms with Gasteiger partial charge in [0, 0.05) is 15.3 Å². The van der Waals surface area contributed by atoms with Gasteiger partial charge in [0.25, 0.3) is 0 Å². The molecule has 0 atom stereocenters. The molecule has 2 aromatic carbocycles. The van der Waals surface area contributed by atoms with Crippen LogP contribution in [0.25, 0.3) is 10.4 Å². The Morgan fingerprint density at radius 2 is 1.70 bits per heavy atom. The Morgan fingerprint density at radius 3 is 2.33 bits per heavy atom. The van der Waals surface area contributed by atoms with E-state index in [0.29, 0.717) is 16.8 Å². The van der Waals surface area contributed by atoms with Crippen molar-refractivity contribution in [3.63, 3.8) is 0 Å². The molecule has 1 aromatic heterocycles. The first-order valence-electron chi connectivity index (χ1n) is 8.38. The maximum atomic E-state index is 14.4. The van der Waals surface area contributed by atoms with Crippen molar-refractivity contribution in [2.24, 2.45) is 4.99 Å². The van der Waals surface area contributed by atoms with Crippen molar-refractivity contribution in [3.05, 3.63) is 76.2 Å². The molecule has 0 aliphatic rings. The van der Waals surface area contributed by atoms with Crippen LogP contribution in [0.3, 0.4) is 0 Å². The van der Waals surface area contributed by atoms with E-state index >= 15 is 0 Å². The number of rotatable bonds is 4. The maximum Gasteiger partial charge on any atom is 0.142 e. The van der Waals surface area contributed by atoms with Gasteiger partial charge in [0.1, 0.15) is 11.6 Å². The lowest BCUT2D eigenvalue weighted by molar-refractivity contribution is 0.578. The predicted molar refractivity (Wildman–Crippen MR) is 111 cm³/mol. The second kappa shape index (κ2) is 8.83. The lowest BCUT2D eigenvalue weighted by Crippen LogP contribution is -1.91. The van der Waals surface area contributed by atoms with Gasteiger partial charge >= 0.3 is 0 Å². The number of aliphatic imine (C=N–C) groups is 1. The van der Waals surface area contributed by atoms with Crippen molar-refractivity contribution in [1.82, 2.24) is 0 Å². The van der Waals surface area contributed by atoms with Crippen LogP contribution in [-0.2, 0) is 6.42 Å². The molecule has 0 saturated heterocycles. The molecule has 1 nitrogen and oxygen atoms in total. The topological polar surface area (TPSA) is 12.4 Å². The number of halogens is 2. The van der Waals surface area contributed by atoms with Gasteiger partial charge in [-0.1, -0.05) is 25.2 Å². The molecule has 0 saturated carbocycles. The Morgan fingerprint density at radius 1 is 1.00 bits per heavy atom. The number of benzene rings is 2. The van der Waals surface area contributed by atoms with Crippen LogP contribution in [0.2, 0.25) is 0 Å². The highest BCUT2D eigenvalue weighted by Gasteiger charge is 2.12. The Balaban J connectivity index is 1.88. The van der Waals surface area contributed by atoms with Crippen molar-refractivity contribution < 1.29 is 8.78 Å². The van der Waals surface area contributed by atoms with Crippen LogP contribution >= 0.6 is 23.6 Å². The summed E-state index contributed by atoms with van der Waals surface area (Å²) < 4.78 is 28.9. The zero-order valence-electron chi connectivity index (χ0n) is 14.6. The summed E-state index contributed by atoms with van der Waals surface area (Å²) in [5.74, 6) is 4.04. The van der Waals surface area contributed by atoms with Crippen LogP contribution in [-0.4, -0.2) is 5.16 Å². The summed E-state index contributed by atoms with van der Waals surface area (Å²) in [5, 5.41) is 2.28. The minimum Gasteiger partial charge on any atom is -0.205 e. The largest absolute Gasteiger partial charge is 0.205 e. The standard InChI is InChI=1S/C22H15F2NS2/c1-2-3-18-9-11-22(27-18)16-12-20(23)19(21(24)13-16)10-6-15-4-7-17(8-5-15)25-14-26/h4-5,7-9,11-13H,2-3H2,1H3. The molecule has 5 heteroatoms. The molecule has 0 bridgehead atoms. The highest BCUT2D eigenvalue weighted by Crippen LogP contribution is 2.31. The number of thiophene rings is 1. The molecule has 0 N–H and O–H groups in total. The molecule has 0 fully saturated rings. The van der Waals surface area contributed by atoms with Gasteiger partial charge in [-0.2, -0.15) is 4.99 Å². The molecule has 0 aliphatic heterocycles. The molecule has 3 aromatic rings. The first kappa shape index (κ1) is 19.1. The van der Waals surface area contributed by atoms with E-state index in [1.807, 2.05) is 12.1 Å². The quantitative estimate of drug-likeness (QED) is 0.269. The average Bonchev–Trinajstić information content (AvgIpc) is 3.11. The summed E-state index contributed by atoms with van der Waals surface area (Å²) in [6.07, 6.45) is 2.00. The van der Waals surface area contributed by atoms with Gasteiger partial charge < -0.3 is 0 Å². The van der Waals surface area contributed by atoms with E-state index in [2.05, 4.69) is 41.1 Å². The molecule has 134 valence electrons. The molecule has 0 spiro atoms. The van der Waals surface area contributed by atoms with Gasteiger partial charge in [-0.05, 0) is 72.7 Å². The monoisotopic (exact) mass is 395 g/mol. The third-order valence-corrected chi connectivity index (χ3v) is 5.14. The zero-order chi connectivity index (χ0) is 19.2. The molecule has 0 radical (unpaired) electrons. The summed E-state index contributed by atoms with van der Waals surface area (Å²) in [6.45, 7) is 2.10. The number of thiocarbonyl (C=S) groups is 1. The van der Waals surface area contributed by atoms with Gasteiger partial charge in [-0.3, -0.25) is 0 Å². The van der Waals surface area contributed by atoms with Crippen LogP contribution in [0.1, 0.15) is 29.3 Å². The minimum atomic E-state index is -0.662.